The molecule has 4 nitrogen and oxygen atoms in total. The standard InChI is InChI=1S/C12H20N4/c1-8-9(2)14-10(3)15-12(8)16-11-4-6-13-7-5-11/h11,13H,4-7H2,1-3H3,(H,14,15,16). The molecule has 1 aliphatic heterocycles. The minimum absolute atomic E-state index is 0.550. The SMILES string of the molecule is Cc1nc(C)c(C)c(NC2CCNCC2)n1. The molecule has 0 bridgehead atoms. The minimum atomic E-state index is 0.550. The van der Waals surface area contributed by atoms with Gasteiger partial charge in [-0.3, -0.25) is 0 Å². The molecule has 16 heavy (non-hydrogen) atoms. The maximum absolute atomic E-state index is 4.49. The first-order chi connectivity index (χ1) is 7.66. The van der Waals surface area contributed by atoms with E-state index < -0.39 is 0 Å². The van der Waals surface area contributed by atoms with Crippen LogP contribution in [0.25, 0.3) is 0 Å². The van der Waals surface area contributed by atoms with Crippen LogP contribution in [-0.4, -0.2) is 29.1 Å². The summed E-state index contributed by atoms with van der Waals surface area (Å²) in [4.78, 5) is 8.85. The fourth-order valence-corrected chi connectivity index (χ4v) is 2.07. The molecule has 0 saturated carbocycles. The van der Waals surface area contributed by atoms with E-state index in [0.29, 0.717) is 6.04 Å². The summed E-state index contributed by atoms with van der Waals surface area (Å²) in [6, 6.07) is 0.550. The largest absolute Gasteiger partial charge is 0.367 e. The summed E-state index contributed by atoms with van der Waals surface area (Å²) >= 11 is 0. The second-order valence-electron chi connectivity index (χ2n) is 4.50. The maximum atomic E-state index is 4.49. The fourth-order valence-electron chi connectivity index (χ4n) is 2.07. The zero-order chi connectivity index (χ0) is 11.5. The zero-order valence-corrected chi connectivity index (χ0v) is 10.3. The number of aryl methyl sites for hydroxylation is 2. The molecule has 0 amide bonds. The van der Waals surface area contributed by atoms with E-state index in [1.807, 2.05) is 13.8 Å². The van der Waals surface area contributed by atoms with E-state index >= 15 is 0 Å². The van der Waals surface area contributed by atoms with Crippen LogP contribution in [0, 0.1) is 20.8 Å². The Morgan fingerprint density at radius 3 is 2.50 bits per heavy atom. The Morgan fingerprint density at radius 2 is 1.81 bits per heavy atom. The molecule has 4 heteroatoms. The maximum Gasteiger partial charge on any atom is 0.133 e. The monoisotopic (exact) mass is 220 g/mol. The predicted molar refractivity (Wildman–Crippen MR) is 65.8 cm³/mol. The molecule has 0 atom stereocenters. The van der Waals surface area contributed by atoms with Crippen molar-refractivity contribution in [3.8, 4) is 0 Å². The summed E-state index contributed by atoms with van der Waals surface area (Å²) in [5, 5.41) is 6.90. The van der Waals surface area contributed by atoms with Gasteiger partial charge in [-0.05, 0) is 46.7 Å². The average molecular weight is 220 g/mol. The van der Waals surface area contributed by atoms with E-state index in [1.165, 1.54) is 18.4 Å². The lowest BCUT2D eigenvalue weighted by molar-refractivity contribution is 0.478. The summed E-state index contributed by atoms with van der Waals surface area (Å²) in [6.45, 7) is 8.26. The van der Waals surface area contributed by atoms with Crippen LogP contribution in [0.1, 0.15) is 29.9 Å². The van der Waals surface area contributed by atoms with E-state index in [9.17, 15) is 0 Å². The van der Waals surface area contributed by atoms with Gasteiger partial charge in [-0.25, -0.2) is 9.97 Å². The molecule has 1 fully saturated rings. The Hall–Kier alpha value is -1.16. The molecule has 2 heterocycles. The summed E-state index contributed by atoms with van der Waals surface area (Å²) < 4.78 is 0. The van der Waals surface area contributed by atoms with E-state index in [1.54, 1.807) is 0 Å². The van der Waals surface area contributed by atoms with Crippen molar-refractivity contribution >= 4 is 5.82 Å². The van der Waals surface area contributed by atoms with Gasteiger partial charge in [0.1, 0.15) is 11.6 Å². The van der Waals surface area contributed by atoms with Gasteiger partial charge in [0.2, 0.25) is 0 Å². The number of anilines is 1. The third-order valence-corrected chi connectivity index (χ3v) is 3.18. The molecule has 1 aliphatic rings. The fraction of sp³-hybridized carbons (Fsp3) is 0.667. The van der Waals surface area contributed by atoms with Crippen LogP contribution in [0.3, 0.4) is 0 Å². The molecule has 88 valence electrons. The number of rotatable bonds is 2. The van der Waals surface area contributed by atoms with Gasteiger partial charge in [-0.2, -0.15) is 0 Å². The van der Waals surface area contributed by atoms with Crippen molar-refractivity contribution in [2.45, 2.75) is 39.7 Å². The van der Waals surface area contributed by atoms with E-state index in [4.69, 9.17) is 0 Å². The zero-order valence-electron chi connectivity index (χ0n) is 10.3. The van der Waals surface area contributed by atoms with Gasteiger partial charge >= 0.3 is 0 Å². The normalized spacial score (nSPS) is 17.4. The molecular weight excluding hydrogens is 200 g/mol. The molecule has 0 unspecified atom stereocenters. The smallest absolute Gasteiger partial charge is 0.133 e. The molecule has 2 rings (SSSR count). The minimum Gasteiger partial charge on any atom is -0.367 e. The third-order valence-electron chi connectivity index (χ3n) is 3.18. The second-order valence-corrected chi connectivity index (χ2v) is 4.50. The van der Waals surface area contributed by atoms with Crippen molar-refractivity contribution in [3.63, 3.8) is 0 Å². The van der Waals surface area contributed by atoms with Crippen molar-refractivity contribution in [1.82, 2.24) is 15.3 Å². The molecule has 0 spiro atoms. The first-order valence-electron chi connectivity index (χ1n) is 5.96. The van der Waals surface area contributed by atoms with Crippen LogP contribution in [0.4, 0.5) is 5.82 Å². The number of aromatic nitrogens is 2. The molecule has 1 aromatic rings. The predicted octanol–water partition coefficient (Wildman–Crippen LogP) is 1.57. The number of hydrogen-bond acceptors (Lipinski definition) is 4. The van der Waals surface area contributed by atoms with Gasteiger partial charge in [-0.1, -0.05) is 0 Å². The molecule has 0 aliphatic carbocycles. The van der Waals surface area contributed by atoms with Gasteiger partial charge in [0.05, 0.1) is 0 Å². The lowest BCUT2D eigenvalue weighted by Gasteiger charge is -2.25. The van der Waals surface area contributed by atoms with Gasteiger partial charge < -0.3 is 10.6 Å². The van der Waals surface area contributed by atoms with Crippen molar-refractivity contribution in [1.29, 1.82) is 0 Å². The van der Waals surface area contributed by atoms with E-state index in [2.05, 4.69) is 27.5 Å². The number of nitrogens with zero attached hydrogens (tertiary/aromatic N) is 2. The van der Waals surface area contributed by atoms with Crippen LogP contribution >= 0.6 is 0 Å². The molecule has 0 radical (unpaired) electrons. The lowest BCUT2D eigenvalue weighted by atomic mass is 10.1. The van der Waals surface area contributed by atoms with Gasteiger partial charge in [-0.15, -0.1) is 0 Å². The molecule has 2 N–H and O–H groups in total. The lowest BCUT2D eigenvalue weighted by Crippen LogP contribution is -2.35. The number of nitrogens with one attached hydrogen (secondary N) is 2. The highest BCUT2D eigenvalue weighted by molar-refractivity contribution is 5.46. The van der Waals surface area contributed by atoms with E-state index in [-0.39, 0.29) is 0 Å². The Kier molecular flexibility index (Phi) is 3.39. The van der Waals surface area contributed by atoms with Gasteiger partial charge in [0.15, 0.2) is 0 Å². The van der Waals surface area contributed by atoms with Crippen molar-refractivity contribution in [3.05, 3.63) is 17.1 Å². The molecule has 1 aromatic heterocycles. The van der Waals surface area contributed by atoms with E-state index in [0.717, 1.165) is 30.4 Å². The quantitative estimate of drug-likeness (QED) is 0.794. The number of hydrogen-bond donors (Lipinski definition) is 2. The Labute approximate surface area is 96.9 Å². The first kappa shape index (κ1) is 11.3. The van der Waals surface area contributed by atoms with Crippen LogP contribution in [0.15, 0.2) is 0 Å². The Morgan fingerprint density at radius 1 is 1.12 bits per heavy atom. The summed E-state index contributed by atoms with van der Waals surface area (Å²) in [7, 11) is 0. The van der Waals surface area contributed by atoms with Gasteiger partial charge in [0.25, 0.3) is 0 Å². The highest BCUT2D eigenvalue weighted by Crippen LogP contribution is 2.17. The van der Waals surface area contributed by atoms with Crippen LogP contribution in [0.2, 0.25) is 0 Å². The Bertz CT molecular complexity index is 370. The average Bonchev–Trinajstić information content (AvgIpc) is 2.27. The molecule has 0 aromatic carbocycles. The highest BCUT2D eigenvalue weighted by Gasteiger charge is 2.15. The first-order valence-corrected chi connectivity index (χ1v) is 5.96. The van der Waals surface area contributed by atoms with Crippen molar-refractivity contribution in [2.24, 2.45) is 0 Å². The Balaban J connectivity index is 2.13. The third kappa shape index (κ3) is 2.50. The number of piperidine rings is 1. The second kappa shape index (κ2) is 4.78. The van der Waals surface area contributed by atoms with Crippen LogP contribution in [0.5, 0.6) is 0 Å². The van der Waals surface area contributed by atoms with Crippen LogP contribution < -0.4 is 10.6 Å². The summed E-state index contributed by atoms with van der Waals surface area (Å²) in [6.07, 6.45) is 2.34. The molecular formula is C12H20N4. The summed E-state index contributed by atoms with van der Waals surface area (Å²) in [5.74, 6) is 1.86. The topological polar surface area (TPSA) is 49.8 Å². The van der Waals surface area contributed by atoms with Crippen molar-refractivity contribution < 1.29 is 0 Å². The highest BCUT2D eigenvalue weighted by atomic mass is 15.1. The van der Waals surface area contributed by atoms with Gasteiger partial charge in [0, 0.05) is 17.3 Å². The van der Waals surface area contributed by atoms with Crippen LogP contribution in [-0.2, 0) is 0 Å². The molecule has 1 saturated heterocycles. The van der Waals surface area contributed by atoms with Crippen molar-refractivity contribution in [2.75, 3.05) is 18.4 Å². The summed E-state index contributed by atoms with van der Waals surface area (Å²) in [5.41, 5.74) is 2.24.